The van der Waals surface area contributed by atoms with E-state index in [1.54, 1.807) is 52.3 Å². The molecule has 3 aliphatic rings. The monoisotopic (exact) mass is 608 g/mol. The number of rotatable bonds is 9. The Bertz CT molecular complexity index is 1500. The first kappa shape index (κ1) is 29.1. The summed E-state index contributed by atoms with van der Waals surface area (Å²) in [5.74, 6) is -0.669. The van der Waals surface area contributed by atoms with Gasteiger partial charge in [0.2, 0.25) is 0 Å². The molecule has 9 heteroatoms. The van der Waals surface area contributed by atoms with Gasteiger partial charge in [-0.2, -0.15) is 0 Å². The van der Waals surface area contributed by atoms with Gasteiger partial charge in [0.05, 0.1) is 13.2 Å². The van der Waals surface area contributed by atoms with E-state index in [1.807, 2.05) is 24.3 Å². The largest absolute Gasteiger partial charge is 0.396 e. The fourth-order valence-electron chi connectivity index (χ4n) is 6.07. The van der Waals surface area contributed by atoms with E-state index < -0.39 is 11.3 Å². The highest BCUT2D eigenvalue weighted by atomic mass is 35.5. The Kier molecular flexibility index (Phi) is 7.61. The highest BCUT2D eigenvalue weighted by Gasteiger charge is 2.55. The van der Waals surface area contributed by atoms with Crippen molar-refractivity contribution in [3.8, 4) is 0 Å². The molecule has 1 aliphatic carbocycles. The molecule has 2 aliphatic heterocycles. The number of amides is 2. The zero-order valence-corrected chi connectivity index (χ0v) is 25.0. The first-order valence-electron chi connectivity index (χ1n) is 14.3. The maximum Gasteiger partial charge on any atom is 0.258 e. The number of halogens is 2. The van der Waals surface area contributed by atoms with Gasteiger partial charge in [-0.15, -0.1) is 0 Å². The Labute approximate surface area is 255 Å². The lowest BCUT2D eigenvalue weighted by Crippen LogP contribution is -2.47. The summed E-state index contributed by atoms with van der Waals surface area (Å²) in [6.45, 7) is 3.13. The van der Waals surface area contributed by atoms with E-state index in [1.165, 1.54) is 6.92 Å². The summed E-state index contributed by atoms with van der Waals surface area (Å²) >= 11 is 12.4. The average Bonchev–Trinajstić information content (AvgIpc) is 3.49. The van der Waals surface area contributed by atoms with Crippen molar-refractivity contribution >= 4 is 35.0 Å². The van der Waals surface area contributed by atoms with Crippen molar-refractivity contribution in [3.05, 3.63) is 105 Å². The Balaban J connectivity index is 1.49. The molecule has 6 rings (SSSR count). The minimum Gasteiger partial charge on any atom is -0.396 e. The van der Waals surface area contributed by atoms with Crippen molar-refractivity contribution in [2.45, 2.75) is 50.5 Å². The van der Waals surface area contributed by atoms with Gasteiger partial charge in [0.15, 0.2) is 11.3 Å². The van der Waals surface area contributed by atoms with Crippen LogP contribution in [-0.2, 0) is 27.4 Å². The molecule has 2 amide bonds. The molecular weight excluding hydrogens is 575 g/mol. The molecule has 0 spiro atoms. The highest BCUT2D eigenvalue weighted by Crippen LogP contribution is 2.51. The van der Waals surface area contributed by atoms with Gasteiger partial charge in [0.25, 0.3) is 11.8 Å². The van der Waals surface area contributed by atoms with Gasteiger partial charge in [-0.1, -0.05) is 59.6 Å². The third-order valence-corrected chi connectivity index (χ3v) is 9.49. The number of ether oxygens (including phenoxy) is 1. The van der Waals surface area contributed by atoms with E-state index in [4.69, 9.17) is 27.9 Å². The number of benzene rings is 3. The van der Waals surface area contributed by atoms with E-state index in [0.29, 0.717) is 45.4 Å². The number of hydrogen-bond donors (Lipinski definition) is 2. The van der Waals surface area contributed by atoms with Gasteiger partial charge in [-0.3, -0.25) is 14.5 Å². The van der Waals surface area contributed by atoms with Crippen LogP contribution in [0.4, 0.5) is 0 Å². The quantitative estimate of drug-likeness (QED) is 0.336. The van der Waals surface area contributed by atoms with Gasteiger partial charge in [-0.25, -0.2) is 0 Å². The Morgan fingerprint density at radius 1 is 0.976 bits per heavy atom. The number of carbonyl (C=O) groups excluding carboxylic acids is 2. The number of carbonyl (C=O) groups is 2. The third kappa shape index (κ3) is 5.01. The smallest absolute Gasteiger partial charge is 0.258 e. The Morgan fingerprint density at radius 2 is 1.60 bits per heavy atom. The summed E-state index contributed by atoms with van der Waals surface area (Å²) in [6.07, 6.45) is 3.47. The Morgan fingerprint density at radius 3 is 2.19 bits per heavy atom. The summed E-state index contributed by atoms with van der Waals surface area (Å²) < 4.78 is 6.83. The fraction of sp³-hybridized carbons (Fsp3) is 0.394. The number of aliphatic hydroxyl groups is 2. The first-order valence-corrected chi connectivity index (χ1v) is 15.1. The van der Waals surface area contributed by atoms with Crippen LogP contribution in [0.2, 0.25) is 10.0 Å². The van der Waals surface area contributed by atoms with Gasteiger partial charge in [0.1, 0.15) is 0 Å². The molecule has 2 fully saturated rings. The molecule has 2 N–H and O–H groups in total. The van der Waals surface area contributed by atoms with Crippen molar-refractivity contribution < 1.29 is 24.5 Å². The third-order valence-electron chi connectivity index (χ3n) is 8.98. The lowest BCUT2D eigenvalue weighted by Gasteiger charge is -2.40. The molecule has 2 heterocycles. The van der Waals surface area contributed by atoms with Crippen molar-refractivity contribution in [2.24, 2.45) is 5.41 Å². The zero-order chi connectivity index (χ0) is 29.7. The van der Waals surface area contributed by atoms with Crippen molar-refractivity contribution in [3.63, 3.8) is 0 Å². The molecule has 1 saturated carbocycles. The van der Waals surface area contributed by atoms with Crippen LogP contribution in [0.3, 0.4) is 0 Å². The summed E-state index contributed by atoms with van der Waals surface area (Å²) in [4.78, 5) is 31.1. The summed E-state index contributed by atoms with van der Waals surface area (Å²) in [7, 11) is 0. The van der Waals surface area contributed by atoms with Gasteiger partial charge < -0.3 is 19.8 Å². The molecule has 42 heavy (non-hydrogen) atoms. The lowest BCUT2D eigenvalue weighted by atomic mass is 9.88. The number of hydrogen-bond acceptors (Lipinski definition) is 5. The Hall–Kier alpha value is -2.94. The van der Waals surface area contributed by atoms with E-state index in [9.17, 15) is 19.8 Å². The van der Waals surface area contributed by atoms with Crippen LogP contribution in [0.5, 0.6) is 0 Å². The molecule has 3 aromatic rings. The summed E-state index contributed by atoms with van der Waals surface area (Å²) in [5.41, 5.74) is -0.656. The minimum atomic E-state index is -1.80. The predicted octanol–water partition coefficient (Wildman–Crippen LogP) is 5.47. The van der Waals surface area contributed by atoms with Crippen LogP contribution >= 0.6 is 23.2 Å². The maximum atomic E-state index is 14.4. The van der Waals surface area contributed by atoms with E-state index >= 15 is 0 Å². The first-order chi connectivity index (χ1) is 20.1. The average molecular weight is 610 g/mol. The number of fused-ring (bicyclic) bond motifs is 1. The molecular formula is C33H34Cl2N2O5. The molecule has 2 atom stereocenters. The molecule has 1 saturated heterocycles. The summed E-state index contributed by atoms with van der Waals surface area (Å²) in [6, 6.07) is 19.6. The highest BCUT2D eigenvalue weighted by molar-refractivity contribution is 6.30. The van der Waals surface area contributed by atoms with Gasteiger partial charge in [0, 0.05) is 51.8 Å². The SMILES string of the molecule is C[C@](O)(C(=O)N1CCCC1)c1ccc2c(c1)C(=O)N(Cc1ccc(Cl)cc1)[C@@]2(OCC1(CO)CC1)c1ccc(Cl)cc1. The topological polar surface area (TPSA) is 90.3 Å². The second kappa shape index (κ2) is 11.0. The van der Waals surface area contributed by atoms with Crippen LogP contribution in [0.1, 0.15) is 65.2 Å². The molecule has 0 aromatic heterocycles. The van der Waals surface area contributed by atoms with Crippen LogP contribution in [0.25, 0.3) is 0 Å². The van der Waals surface area contributed by atoms with Crippen LogP contribution in [0.15, 0.2) is 66.7 Å². The molecule has 0 bridgehead atoms. The minimum absolute atomic E-state index is 0.0118. The second-order valence-electron chi connectivity index (χ2n) is 11.9. The number of aliphatic hydroxyl groups excluding tert-OH is 1. The fourth-order valence-corrected chi connectivity index (χ4v) is 6.32. The molecule has 220 valence electrons. The standard InChI is InChI=1S/C33H34Cl2N2O5/c1-31(41,30(40)36-16-2-3-17-36)24-8-13-28-27(18-24)29(39)37(19-22-4-9-25(34)10-5-22)33(28,23-6-11-26(35)12-7-23)42-21-32(20-38)14-15-32/h4-13,18,38,41H,2-3,14-17,19-21H2,1H3/t31-,33-/m1/s1. The van der Waals surface area contributed by atoms with Crippen LogP contribution in [-0.4, -0.2) is 58.1 Å². The predicted molar refractivity (Wildman–Crippen MR) is 160 cm³/mol. The van der Waals surface area contributed by atoms with Crippen molar-refractivity contribution in [1.82, 2.24) is 9.80 Å². The number of nitrogens with zero attached hydrogens (tertiary/aromatic N) is 2. The molecule has 3 aromatic carbocycles. The van der Waals surface area contributed by atoms with E-state index in [0.717, 1.165) is 31.2 Å². The van der Waals surface area contributed by atoms with Crippen LogP contribution < -0.4 is 0 Å². The van der Waals surface area contributed by atoms with E-state index in [2.05, 4.69) is 0 Å². The van der Waals surface area contributed by atoms with Crippen molar-refractivity contribution in [1.29, 1.82) is 0 Å². The molecule has 7 nitrogen and oxygen atoms in total. The molecule has 0 radical (unpaired) electrons. The lowest BCUT2D eigenvalue weighted by molar-refractivity contribution is -0.149. The molecule has 0 unspecified atom stereocenters. The normalized spacial score (nSPS) is 22.3. The van der Waals surface area contributed by atoms with E-state index in [-0.39, 0.29) is 37.0 Å². The maximum absolute atomic E-state index is 14.4. The number of likely N-dealkylation sites (tertiary alicyclic amines) is 1. The van der Waals surface area contributed by atoms with Crippen molar-refractivity contribution in [2.75, 3.05) is 26.3 Å². The zero-order valence-electron chi connectivity index (χ0n) is 23.5. The van der Waals surface area contributed by atoms with Gasteiger partial charge >= 0.3 is 0 Å². The second-order valence-corrected chi connectivity index (χ2v) is 12.8. The summed E-state index contributed by atoms with van der Waals surface area (Å²) in [5, 5.41) is 22.7. The van der Waals surface area contributed by atoms with Crippen LogP contribution in [0, 0.1) is 5.41 Å². The van der Waals surface area contributed by atoms with Gasteiger partial charge in [-0.05, 0) is 74.1 Å².